The molecular weight excluding hydrogens is 247 g/mol. The van der Waals surface area contributed by atoms with Gasteiger partial charge in [0.15, 0.2) is 0 Å². The number of hydrogen-bond donors (Lipinski definition) is 0. The lowest BCUT2D eigenvalue weighted by Crippen LogP contribution is -2.46. The highest BCUT2D eigenvalue weighted by Gasteiger charge is 2.28. The van der Waals surface area contributed by atoms with Crippen molar-refractivity contribution < 1.29 is 4.79 Å². The van der Waals surface area contributed by atoms with Gasteiger partial charge in [0.2, 0.25) is 0 Å². The first kappa shape index (κ1) is 13.3. The maximum absolute atomic E-state index is 12.1. The molecule has 0 unspecified atom stereocenters. The van der Waals surface area contributed by atoms with Gasteiger partial charge in [0, 0.05) is 25.3 Å². The van der Waals surface area contributed by atoms with Crippen LogP contribution in [0.15, 0.2) is 18.5 Å². The number of aromatic nitrogens is 1. The highest BCUT2D eigenvalue weighted by Crippen LogP contribution is 2.21. The molecule has 0 N–H and O–H groups in total. The number of amides is 1. The van der Waals surface area contributed by atoms with Gasteiger partial charge in [-0.2, -0.15) is 0 Å². The normalized spacial score (nSPS) is 11.3. The Kier molecular flexibility index (Phi) is 4.16. The molecule has 1 heterocycles. The van der Waals surface area contributed by atoms with Crippen molar-refractivity contribution in [3.05, 3.63) is 29.0 Å². The van der Waals surface area contributed by atoms with Gasteiger partial charge >= 0.3 is 0 Å². The summed E-state index contributed by atoms with van der Waals surface area (Å²) >= 11 is 11.7. The second-order valence-electron chi connectivity index (χ2n) is 4.17. The third-order valence-corrected chi connectivity index (χ3v) is 3.50. The van der Waals surface area contributed by atoms with Gasteiger partial charge in [-0.05, 0) is 19.9 Å². The van der Waals surface area contributed by atoms with Crippen molar-refractivity contribution in [3.8, 4) is 0 Å². The van der Waals surface area contributed by atoms with Crippen LogP contribution in [-0.4, -0.2) is 34.3 Å². The molecule has 0 aliphatic heterocycles. The summed E-state index contributed by atoms with van der Waals surface area (Å²) < 4.78 is 0. The van der Waals surface area contributed by atoms with Crippen molar-refractivity contribution >= 4 is 29.1 Å². The minimum absolute atomic E-state index is 0.155. The van der Waals surface area contributed by atoms with Crippen LogP contribution in [0.5, 0.6) is 0 Å². The van der Waals surface area contributed by atoms with Crippen LogP contribution in [0, 0.1) is 0 Å². The molecule has 1 rings (SSSR count). The van der Waals surface area contributed by atoms with Gasteiger partial charge in [0.25, 0.3) is 5.91 Å². The zero-order valence-corrected chi connectivity index (χ0v) is 11.0. The predicted molar refractivity (Wildman–Crippen MR) is 66.1 cm³/mol. The summed E-state index contributed by atoms with van der Waals surface area (Å²) in [5.74, 6) is 0.204. The highest BCUT2D eigenvalue weighted by molar-refractivity contribution is 6.33. The Balaban J connectivity index is 3.00. The Morgan fingerprint density at radius 2 is 2.19 bits per heavy atom. The van der Waals surface area contributed by atoms with Gasteiger partial charge < -0.3 is 4.90 Å². The fourth-order valence-corrected chi connectivity index (χ4v) is 1.47. The Morgan fingerprint density at radius 1 is 1.56 bits per heavy atom. The number of carbonyl (C=O) groups excluding carboxylic acids is 1. The van der Waals surface area contributed by atoms with E-state index in [0.717, 1.165) is 0 Å². The summed E-state index contributed by atoms with van der Waals surface area (Å²) in [6.45, 7) is 3.79. The quantitative estimate of drug-likeness (QED) is 0.784. The van der Waals surface area contributed by atoms with E-state index in [1.54, 1.807) is 24.2 Å². The first-order valence-electron chi connectivity index (χ1n) is 4.84. The molecule has 0 aromatic carbocycles. The molecule has 16 heavy (non-hydrogen) atoms. The van der Waals surface area contributed by atoms with Crippen molar-refractivity contribution in [2.24, 2.45) is 0 Å². The van der Waals surface area contributed by atoms with Gasteiger partial charge in [0.05, 0.1) is 16.1 Å². The van der Waals surface area contributed by atoms with E-state index in [9.17, 15) is 4.79 Å². The van der Waals surface area contributed by atoms with Gasteiger partial charge in [-0.25, -0.2) is 0 Å². The van der Waals surface area contributed by atoms with Crippen LogP contribution in [0.25, 0.3) is 0 Å². The molecule has 0 radical (unpaired) electrons. The lowest BCUT2D eigenvalue weighted by atomic mass is 10.1. The predicted octanol–water partition coefficient (Wildman–Crippen LogP) is 2.82. The smallest absolute Gasteiger partial charge is 0.255 e. The molecule has 0 aliphatic rings. The first-order chi connectivity index (χ1) is 7.40. The van der Waals surface area contributed by atoms with Crippen molar-refractivity contribution in [1.82, 2.24) is 9.88 Å². The van der Waals surface area contributed by atoms with Crippen LogP contribution in [-0.2, 0) is 0 Å². The summed E-state index contributed by atoms with van der Waals surface area (Å²) in [7, 11) is 1.71. The average Bonchev–Trinajstić information content (AvgIpc) is 2.27. The lowest BCUT2D eigenvalue weighted by molar-refractivity contribution is 0.0660. The fourth-order valence-electron chi connectivity index (χ4n) is 1.09. The van der Waals surface area contributed by atoms with Crippen molar-refractivity contribution in [3.63, 3.8) is 0 Å². The third-order valence-electron chi connectivity index (χ3n) is 2.54. The number of carbonyl (C=O) groups is 1. The molecule has 5 heteroatoms. The average molecular weight is 261 g/mol. The Bertz CT molecular complexity index is 393. The molecule has 0 fully saturated rings. The van der Waals surface area contributed by atoms with Gasteiger partial charge in [0.1, 0.15) is 0 Å². The van der Waals surface area contributed by atoms with E-state index in [2.05, 4.69) is 4.98 Å². The minimum atomic E-state index is -0.411. The standard InChI is InChI=1S/C11H14Cl2N2O/c1-11(2,7-12)15(3)10(16)8-4-5-14-6-9(8)13/h4-6H,7H2,1-3H3. The first-order valence-corrected chi connectivity index (χ1v) is 5.75. The Labute approximate surface area is 105 Å². The van der Waals surface area contributed by atoms with Gasteiger partial charge in [-0.1, -0.05) is 11.6 Å². The van der Waals surface area contributed by atoms with Crippen LogP contribution in [0.2, 0.25) is 5.02 Å². The second-order valence-corrected chi connectivity index (χ2v) is 4.84. The lowest BCUT2D eigenvalue weighted by Gasteiger charge is -2.34. The highest BCUT2D eigenvalue weighted by atomic mass is 35.5. The number of pyridine rings is 1. The van der Waals surface area contributed by atoms with Crippen LogP contribution in [0.4, 0.5) is 0 Å². The van der Waals surface area contributed by atoms with E-state index < -0.39 is 5.54 Å². The molecule has 0 atom stereocenters. The maximum atomic E-state index is 12.1. The fraction of sp³-hybridized carbons (Fsp3) is 0.455. The van der Waals surface area contributed by atoms with E-state index in [-0.39, 0.29) is 5.91 Å². The summed E-state index contributed by atoms with van der Waals surface area (Å²) in [6.07, 6.45) is 3.00. The Hall–Kier alpha value is -0.800. The van der Waals surface area contributed by atoms with E-state index in [1.165, 1.54) is 6.20 Å². The van der Waals surface area contributed by atoms with Gasteiger partial charge in [-0.15, -0.1) is 11.6 Å². The molecular formula is C11H14Cl2N2O. The molecule has 0 bridgehead atoms. The van der Waals surface area contributed by atoms with Gasteiger partial charge in [-0.3, -0.25) is 9.78 Å². The van der Waals surface area contributed by atoms with E-state index in [1.807, 2.05) is 13.8 Å². The molecule has 3 nitrogen and oxygen atoms in total. The summed E-state index contributed by atoms with van der Waals surface area (Å²) in [4.78, 5) is 17.6. The van der Waals surface area contributed by atoms with Crippen molar-refractivity contribution in [2.75, 3.05) is 12.9 Å². The number of alkyl halides is 1. The summed E-state index contributed by atoms with van der Waals surface area (Å²) in [6, 6.07) is 1.60. The monoisotopic (exact) mass is 260 g/mol. The minimum Gasteiger partial charge on any atom is -0.335 e. The molecule has 1 aromatic heterocycles. The van der Waals surface area contributed by atoms with E-state index in [4.69, 9.17) is 23.2 Å². The SMILES string of the molecule is CN(C(=O)c1ccncc1Cl)C(C)(C)CCl. The molecule has 0 saturated carbocycles. The molecule has 0 spiro atoms. The Morgan fingerprint density at radius 3 is 2.69 bits per heavy atom. The largest absolute Gasteiger partial charge is 0.335 e. The topological polar surface area (TPSA) is 33.2 Å². The summed E-state index contributed by atoms with van der Waals surface area (Å²) in [5, 5.41) is 0.352. The summed E-state index contributed by atoms with van der Waals surface area (Å²) in [5.41, 5.74) is 0.0305. The molecule has 1 aromatic rings. The van der Waals surface area contributed by atoms with Crippen LogP contribution >= 0.6 is 23.2 Å². The third kappa shape index (κ3) is 2.66. The second kappa shape index (κ2) is 5.02. The van der Waals surface area contributed by atoms with Crippen molar-refractivity contribution in [1.29, 1.82) is 0 Å². The number of halogens is 2. The number of rotatable bonds is 3. The van der Waals surface area contributed by atoms with Crippen LogP contribution in [0.1, 0.15) is 24.2 Å². The van der Waals surface area contributed by atoms with Crippen LogP contribution < -0.4 is 0 Å². The number of nitrogens with zero attached hydrogens (tertiary/aromatic N) is 2. The number of hydrogen-bond acceptors (Lipinski definition) is 2. The maximum Gasteiger partial charge on any atom is 0.255 e. The molecule has 88 valence electrons. The van der Waals surface area contributed by atoms with Crippen molar-refractivity contribution in [2.45, 2.75) is 19.4 Å². The molecule has 1 amide bonds. The van der Waals surface area contributed by atoms with E-state index in [0.29, 0.717) is 16.5 Å². The molecule has 0 saturated heterocycles. The molecule has 0 aliphatic carbocycles. The van der Waals surface area contributed by atoms with Crippen LogP contribution in [0.3, 0.4) is 0 Å². The zero-order chi connectivity index (χ0) is 12.3. The zero-order valence-electron chi connectivity index (χ0n) is 9.50. The van der Waals surface area contributed by atoms with E-state index >= 15 is 0 Å².